The monoisotopic (exact) mass is 306 g/mol. The minimum atomic E-state index is 0.714. The molecule has 0 radical (unpaired) electrons. The molecule has 0 aliphatic heterocycles. The van der Waals surface area contributed by atoms with E-state index < -0.39 is 0 Å². The number of methoxy groups -OCH3 is 1. The maximum atomic E-state index is 5.91. The van der Waals surface area contributed by atoms with Crippen LogP contribution in [0, 0.1) is 0 Å². The summed E-state index contributed by atoms with van der Waals surface area (Å²) in [5, 5.41) is 3.31. The molecule has 0 unspecified atom stereocenters. The Kier molecular flexibility index (Phi) is 4.10. The number of nitrogens with two attached hydrogens (primary N) is 1. The van der Waals surface area contributed by atoms with Crippen LogP contribution in [0.2, 0.25) is 0 Å². The molecular formula is C14H15BrN2O. The van der Waals surface area contributed by atoms with Gasteiger partial charge in [-0.2, -0.15) is 0 Å². The van der Waals surface area contributed by atoms with Crippen molar-refractivity contribution >= 4 is 27.3 Å². The number of rotatable bonds is 4. The molecule has 0 fully saturated rings. The van der Waals surface area contributed by atoms with Gasteiger partial charge in [0.15, 0.2) is 0 Å². The van der Waals surface area contributed by atoms with Gasteiger partial charge in [-0.15, -0.1) is 0 Å². The van der Waals surface area contributed by atoms with Crippen LogP contribution in [0.1, 0.15) is 5.56 Å². The summed E-state index contributed by atoms with van der Waals surface area (Å²) in [6.45, 7) is 0.719. The van der Waals surface area contributed by atoms with Crippen molar-refractivity contribution in [3.8, 4) is 5.75 Å². The first-order valence-corrected chi connectivity index (χ1v) is 6.40. The molecule has 0 aliphatic rings. The van der Waals surface area contributed by atoms with Crippen molar-refractivity contribution in [1.82, 2.24) is 0 Å². The Morgan fingerprint density at radius 3 is 2.78 bits per heavy atom. The fourth-order valence-electron chi connectivity index (χ4n) is 1.66. The highest BCUT2D eigenvalue weighted by molar-refractivity contribution is 9.10. The van der Waals surface area contributed by atoms with Crippen LogP contribution in [0.3, 0.4) is 0 Å². The molecule has 0 spiro atoms. The summed E-state index contributed by atoms with van der Waals surface area (Å²) in [5.41, 5.74) is 8.69. The average Bonchev–Trinajstić information content (AvgIpc) is 2.38. The summed E-state index contributed by atoms with van der Waals surface area (Å²) < 4.78 is 6.25. The molecule has 4 heteroatoms. The van der Waals surface area contributed by atoms with Gasteiger partial charge in [-0.1, -0.05) is 28.1 Å². The van der Waals surface area contributed by atoms with Gasteiger partial charge in [-0.25, -0.2) is 0 Å². The van der Waals surface area contributed by atoms with Crippen molar-refractivity contribution in [1.29, 1.82) is 0 Å². The number of halogens is 1. The number of benzene rings is 2. The Labute approximate surface area is 115 Å². The fraction of sp³-hybridized carbons (Fsp3) is 0.143. The summed E-state index contributed by atoms with van der Waals surface area (Å²) in [6.07, 6.45) is 0. The van der Waals surface area contributed by atoms with Crippen LogP contribution in [0.15, 0.2) is 46.9 Å². The first kappa shape index (κ1) is 12.8. The maximum Gasteiger partial charge on any atom is 0.121 e. The first-order valence-electron chi connectivity index (χ1n) is 5.61. The SMILES string of the molecule is COc1ccc(N)c(NCc2cccc(Br)c2)c1. The third kappa shape index (κ3) is 3.17. The lowest BCUT2D eigenvalue weighted by Gasteiger charge is -2.11. The van der Waals surface area contributed by atoms with Gasteiger partial charge in [0.1, 0.15) is 5.75 Å². The molecule has 3 nitrogen and oxygen atoms in total. The molecule has 0 bridgehead atoms. The number of anilines is 2. The molecule has 3 N–H and O–H groups in total. The van der Waals surface area contributed by atoms with Gasteiger partial charge in [-0.05, 0) is 29.8 Å². The molecule has 2 aromatic rings. The zero-order chi connectivity index (χ0) is 13.0. The lowest BCUT2D eigenvalue weighted by atomic mass is 10.2. The summed E-state index contributed by atoms with van der Waals surface area (Å²) in [4.78, 5) is 0. The second-order valence-corrected chi connectivity index (χ2v) is 4.85. The van der Waals surface area contributed by atoms with Crippen LogP contribution >= 0.6 is 15.9 Å². The lowest BCUT2D eigenvalue weighted by molar-refractivity contribution is 0.415. The van der Waals surface area contributed by atoms with E-state index >= 15 is 0 Å². The van der Waals surface area contributed by atoms with Gasteiger partial charge in [0.2, 0.25) is 0 Å². The van der Waals surface area contributed by atoms with Crippen LogP contribution in [0.25, 0.3) is 0 Å². The summed E-state index contributed by atoms with van der Waals surface area (Å²) in [7, 11) is 1.64. The van der Waals surface area contributed by atoms with Crippen molar-refractivity contribution in [2.24, 2.45) is 0 Å². The molecule has 0 aliphatic carbocycles. The van der Waals surface area contributed by atoms with Crippen LogP contribution in [-0.2, 0) is 6.54 Å². The molecule has 0 saturated heterocycles. The van der Waals surface area contributed by atoms with E-state index in [-0.39, 0.29) is 0 Å². The molecule has 0 aromatic heterocycles. The molecule has 2 rings (SSSR count). The normalized spacial score (nSPS) is 10.1. The van der Waals surface area contributed by atoms with E-state index in [0.29, 0.717) is 5.69 Å². The van der Waals surface area contributed by atoms with E-state index in [1.807, 2.05) is 30.3 Å². The second-order valence-electron chi connectivity index (χ2n) is 3.94. The Balaban J connectivity index is 2.10. The van der Waals surface area contributed by atoms with E-state index in [2.05, 4.69) is 33.4 Å². The summed E-state index contributed by atoms with van der Waals surface area (Å²) >= 11 is 3.45. The average molecular weight is 307 g/mol. The quantitative estimate of drug-likeness (QED) is 0.848. The highest BCUT2D eigenvalue weighted by atomic mass is 79.9. The molecule has 2 aromatic carbocycles. The van der Waals surface area contributed by atoms with E-state index in [9.17, 15) is 0 Å². The second kappa shape index (κ2) is 5.78. The standard InChI is InChI=1S/C14H15BrN2O/c1-18-12-5-6-13(16)14(8-12)17-9-10-3-2-4-11(15)7-10/h2-8,17H,9,16H2,1H3. The molecule has 18 heavy (non-hydrogen) atoms. The van der Waals surface area contributed by atoms with Gasteiger partial charge in [0.25, 0.3) is 0 Å². The lowest BCUT2D eigenvalue weighted by Crippen LogP contribution is -2.02. The smallest absolute Gasteiger partial charge is 0.121 e. The van der Waals surface area contributed by atoms with Crippen LogP contribution in [0.4, 0.5) is 11.4 Å². The van der Waals surface area contributed by atoms with Gasteiger partial charge in [0.05, 0.1) is 18.5 Å². The third-order valence-electron chi connectivity index (χ3n) is 2.63. The van der Waals surface area contributed by atoms with E-state index in [0.717, 1.165) is 22.5 Å². The summed E-state index contributed by atoms with van der Waals surface area (Å²) in [6, 6.07) is 13.7. The van der Waals surface area contributed by atoms with Crippen molar-refractivity contribution in [2.45, 2.75) is 6.54 Å². The zero-order valence-electron chi connectivity index (χ0n) is 10.1. The fourth-order valence-corrected chi connectivity index (χ4v) is 2.11. The largest absolute Gasteiger partial charge is 0.497 e. The first-order chi connectivity index (χ1) is 8.69. The van der Waals surface area contributed by atoms with E-state index in [1.165, 1.54) is 5.56 Å². The molecular weight excluding hydrogens is 292 g/mol. The highest BCUT2D eigenvalue weighted by Crippen LogP contribution is 2.25. The zero-order valence-corrected chi connectivity index (χ0v) is 11.7. The topological polar surface area (TPSA) is 47.3 Å². The van der Waals surface area contributed by atoms with E-state index in [1.54, 1.807) is 7.11 Å². The Hall–Kier alpha value is -1.68. The third-order valence-corrected chi connectivity index (χ3v) is 3.13. The number of ether oxygens (including phenoxy) is 1. The summed E-state index contributed by atoms with van der Waals surface area (Å²) in [5.74, 6) is 0.793. The predicted molar refractivity (Wildman–Crippen MR) is 78.9 cm³/mol. The van der Waals surface area contributed by atoms with Crippen LogP contribution in [-0.4, -0.2) is 7.11 Å². The molecule has 0 saturated carbocycles. The Morgan fingerprint density at radius 2 is 2.06 bits per heavy atom. The van der Waals surface area contributed by atoms with Crippen molar-refractivity contribution in [3.63, 3.8) is 0 Å². The van der Waals surface area contributed by atoms with Gasteiger partial charge in [-0.3, -0.25) is 0 Å². The van der Waals surface area contributed by atoms with Gasteiger partial charge < -0.3 is 15.8 Å². The highest BCUT2D eigenvalue weighted by Gasteiger charge is 2.01. The molecule has 0 amide bonds. The maximum absolute atomic E-state index is 5.91. The number of hydrogen-bond donors (Lipinski definition) is 2. The van der Waals surface area contributed by atoms with E-state index in [4.69, 9.17) is 10.5 Å². The van der Waals surface area contributed by atoms with Crippen LogP contribution in [0.5, 0.6) is 5.75 Å². The minimum absolute atomic E-state index is 0.714. The molecule has 0 atom stereocenters. The molecule has 0 heterocycles. The Bertz CT molecular complexity index is 543. The molecule has 94 valence electrons. The number of hydrogen-bond acceptors (Lipinski definition) is 3. The van der Waals surface area contributed by atoms with Gasteiger partial charge in [0, 0.05) is 17.1 Å². The van der Waals surface area contributed by atoms with Gasteiger partial charge >= 0.3 is 0 Å². The van der Waals surface area contributed by atoms with Crippen molar-refractivity contribution in [3.05, 3.63) is 52.5 Å². The number of nitrogen functional groups attached to an aromatic ring is 1. The Morgan fingerprint density at radius 1 is 1.22 bits per heavy atom. The van der Waals surface area contributed by atoms with Crippen molar-refractivity contribution in [2.75, 3.05) is 18.2 Å². The minimum Gasteiger partial charge on any atom is -0.497 e. The predicted octanol–water partition coefficient (Wildman–Crippen LogP) is 3.65. The van der Waals surface area contributed by atoms with Crippen LogP contribution < -0.4 is 15.8 Å². The van der Waals surface area contributed by atoms with Crippen molar-refractivity contribution < 1.29 is 4.74 Å². The number of nitrogens with one attached hydrogen (secondary N) is 1.